The first-order valence-corrected chi connectivity index (χ1v) is 20.4. The molecule has 2 nitrogen and oxygen atoms in total. The summed E-state index contributed by atoms with van der Waals surface area (Å²) in [7, 11) is 0. The molecule has 0 saturated heterocycles. The summed E-state index contributed by atoms with van der Waals surface area (Å²) in [6.45, 7) is 22.1. The van der Waals surface area contributed by atoms with Crippen molar-refractivity contribution in [3.8, 4) is 0 Å². The molecule has 6 heteroatoms. The smallest absolute Gasteiger partial charge is 0.136 e. The van der Waals surface area contributed by atoms with Crippen molar-refractivity contribution in [2.75, 3.05) is 37.7 Å². The summed E-state index contributed by atoms with van der Waals surface area (Å²) in [6.07, 6.45) is 10.9. The van der Waals surface area contributed by atoms with Gasteiger partial charge >= 0.3 is 0 Å². The normalized spacial score (nSPS) is 13.7. The van der Waals surface area contributed by atoms with Gasteiger partial charge in [-0.3, -0.25) is 0 Å². The van der Waals surface area contributed by atoms with Crippen LogP contribution in [0.1, 0.15) is 133 Å². The minimum atomic E-state index is 0.0729. The van der Waals surface area contributed by atoms with Crippen molar-refractivity contribution in [1.29, 1.82) is 0 Å². The molecule has 0 unspecified atom stereocenters. The van der Waals surface area contributed by atoms with Crippen LogP contribution in [0, 0.1) is 6.92 Å². The molecule has 45 heavy (non-hydrogen) atoms. The van der Waals surface area contributed by atoms with Gasteiger partial charge in [-0.1, -0.05) is 136 Å². The van der Waals surface area contributed by atoms with Crippen LogP contribution in [-0.2, 0) is 17.3 Å². The van der Waals surface area contributed by atoms with Crippen molar-refractivity contribution >= 4 is 56.6 Å². The molecule has 3 rings (SSSR count). The summed E-state index contributed by atoms with van der Waals surface area (Å²) >= 11 is 15.2. The van der Waals surface area contributed by atoms with Gasteiger partial charge in [0.05, 0.1) is 0 Å². The van der Waals surface area contributed by atoms with Crippen LogP contribution in [0.3, 0.4) is 0 Å². The average molecular weight is 685 g/mol. The van der Waals surface area contributed by atoms with Crippen molar-refractivity contribution in [1.82, 2.24) is 9.80 Å². The van der Waals surface area contributed by atoms with E-state index < -0.39 is 0 Å². The van der Waals surface area contributed by atoms with Gasteiger partial charge in [0, 0.05) is 43.1 Å². The van der Waals surface area contributed by atoms with Gasteiger partial charge in [0.1, 0.15) is 8.64 Å². The summed E-state index contributed by atoms with van der Waals surface area (Å²) in [4.78, 5) is 4.60. The molecular weight excluding hydrogens is 625 g/mol. The second kappa shape index (κ2) is 18.5. The highest BCUT2D eigenvalue weighted by molar-refractivity contribution is 8.23. The lowest BCUT2D eigenvalue weighted by Crippen LogP contribution is -2.34. The molecule has 2 aromatic rings. The Morgan fingerprint density at radius 2 is 1.16 bits per heavy atom. The first-order chi connectivity index (χ1) is 21.5. The number of thioether (sulfide) groups is 2. The van der Waals surface area contributed by atoms with Gasteiger partial charge in [-0.05, 0) is 100.0 Å². The third kappa shape index (κ3) is 10.5. The number of benzene rings is 2. The summed E-state index contributed by atoms with van der Waals surface area (Å²) in [5.41, 5.74) is 9.35. The lowest BCUT2D eigenvalue weighted by molar-refractivity contribution is 0.386. The number of hydrogen-bond acceptors (Lipinski definition) is 4. The van der Waals surface area contributed by atoms with E-state index in [1.54, 1.807) is 16.7 Å². The highest BCUT2D eigenvalue weighted by Gasteiger charge is 2.40. The third-order valence-electron chi connectivity index (χ3n) is 9.64. The molecule has 0 spiro atoms. The Morgan fingerprint density at radius 3 is 1.62 bits per heavy atom. The van der Waals surface area contributed by atoms with Gasteiger partial charge in [0.25, 0.3) is 0 Å². The predicted octanol–water partition coefficient (Wildman–Crippen LogP) is 11.3. The molecule has 2 aromatic carbocycles. The van der Waals surface area contributed by atoms with Crippen molar-refractivity contribution in [3.05, 3.63) is 69.8 Å². The summed E-state index contributed by atoms with van der Waals surface area (Å²) in [6, 6.07) is 14.8. The number of unbranched alkanes of at least 4 members (excludes halogenated alkanes) is 4. The highest BCUT2D eigenvalue weighted by atomic mass is 32.2. The third-order valence-corrected chi connectivity index (χ3v) is 12.9. The molecule has 0 atom stereocenters. The van der Waals surface area contributed by atoms with E-state index in [0.29, 0.717) is 0 Å². The molecule has 0 bridgehead atoms. The second-order valence-electron chi connectivity index (χ2n) is 13.7. The van der Waals surface area contributed by atoms with E-state index in [1.165, 1.54) is 68.1 Å². The molecule has 250 valence electrons. The molecule has 0 aliphatic heterocycles. The van der Waals surface area contributed by atoms with Gasteiger partial charge in [0.15, 0.2) is 0 Å². The maximum atomic E-state index is 5.71. The number of rotatable bonds is 16. The minimum Gasteiger partial charge on any atom is -0.358 e. The monoisotopic (exact) mass is 684 g/mol. The largest absolute Gasteiger partial charge is 0.358 e. The molecule has 0 N–H and O–H groups in total. The van der Waals surface area contributed by atoms with Crippen molar-refractivity contribution in [2.24, 2.45) is 0 Å². The highest BCUT2D eigenvalue weighted by Crippen LogP contribution is 2.49. The lowest BCUT2D eigenvalue weighted by Gasteiger charge is -2.43. The summed E-state index contributed by atoms with van der Waals surface area (Å²) in [5, 5.41) is 0. The zero-order valence-corrected chi connectivity index (χ0v) is 32.9. The van der Waals surface area contributed by atoms with Crippen molar-refractivity contribution in [3.63, 3.8) is 0 Å². The Balaban J connectivity index is 1.82. The Labute approximate surface area is 296 Å². The fraction of sp³-hybridized carbons (Fsp3) is 0.641. The SMILES string of the molecule is CCN(CC)C(=S)SCCCCCC1(CCCCCSC(=S)N(CC)CC)c2cc(C)ccc2Cc2ccc(C(C)(C)C)cc21. The Bertz CT molecular complexity index is 1200. The van der Waals surface area contributed by atoms with Gasteiger partial charge in [-0.15, -0.1) is 0 Å². The number of fused-ring (bicyclic) bond motifs is 2. The number of aryl methyl sites for hydroxylation is 1. The Kier molecular flexibility index (Phi) is 15.7. The predicted molar refractivity (Wildman–Crippen MR) is 213 cm³/mol. The lowest BCUT2D eigenvalue weighted by atomic mass is 9.61. The van der Waals surface area contributed by atoms with E-state index in [-0.39, 0.29) is 10.8 Å². The zero-order chi connectivity index (χ0) is 33.0. The van der Waals surface area contributed by atoms with Crippen LogP contribution in [0.5, 0.6) is 0 Å². The van der Waals surface area contributed by atoms with E-state index in [4.69, 9.17) is 24.4 Å². The topological polar surface area (TPSA) is 6.48 Å². The van der Waals surface area contributed by atoms with Crippen LogP contribution < -0.4 is 0 Å². The van der Waals surface area contributed by atoms with Crippen molar-refractivity contribution in [2.45, 2.75) is 124 Å². The maximum absolute atomic E-state index is 5.71. The van der Waals surface area contributed by atoms with Crippen LogP contribution in [-0.4, -0.2) is 56.1 Å². The van der Waals surface area contributed by atoms with E-state index >= 15 is 0 Å². The fourth-order valence-electron chi connectivity index (χ4n) is 6.82. The number of nitrogens with zero attached hydrogens (tertiary/aromatic N) is 2. The molecule has 1 aliphatic rings. The molecule has 0 saturated carbocycles. The molecule has 0 fully saturated rings. The Morgan fingerprint density at radius 1 is 0.689 bits per heavy atom. The average Bonchev–Trinajstić information content (AvgIpc) is 3.01. The Hall–Kier alpha value is -1.08. The molecule has 0 aromatic heterocycles. The maximum Gasteiger partial charge on any atom is 0.136 e. The van der Waals surface area contributed by atoms with Crippen LogP contribution in [0.25, 0.3) is 0 Å². The molecule has 0 radical (unpaired) electrons. The summed E-state index contributed by atoms with van der Waals surface area (Å²) in [5.74, 6) is 2.24. The summed E-state index contributed by atoms with van der Waals surface area (Å²) < 4.78 is 2.13. The van der Waals surface area contributed by atoms with Crippen LogP contribution in [0.4, 0.5) is 0 Å². The standard InChI is InChI=1S/C39H60N2S4/c1-9-40(10-2)36(42)44-25-17-13-15-23-39(24-16-14-18-26-45-37(43)41(11-3)12-4)34-27-30(5)19-20-31(34)28-32-21-22-33(29-35(32)39)38(6,7)8/h19-22,27,29H,9-18,23-26,28H2,1-8H3. The second-order valence-corrected chi connectivity index (χ2v) is 17.2. The van der Waals surface area contributed by atoms with E-state index in [9.17, 15) is 0 Å². The van der Waals surface area contributed by atoms with Gasteiger partial charge < -0.3 is 9.80 Å². The van der Waals surface area contributed by atoms with Crippen LogP contribution >= 0.6 is 48.0 Å². The number of hydrogen-bond donors (Lipinski definition) is 0. The fourth-order valence-corrected chi connectivity index (χ4v) is 9.77. The quantitative estimate of drug-likeness (QED) is 0.127. The van der Waals surface area contributed by atoms with Gasteiger partial charge in [-0.2, -0.15) is 0 Å². The molecule has 1 aliphatic carbocycles. The van der Waals surface area contributed by atoms with Gasteiger partial charge in [0.2, 0.25) is 0 Å². The number of thiocarbonyl (C=S) groups is 2. The first kappa shape index (κ1) is 38.4. The van der Waals surface area contributed by atoms with E-state index in [2.05, 4.69) is 102 Å². The zero-order valence-electron chi connectivity index (χ0n) is 29.6. The molecule has 0 heterocycles. The van der Waals surface area contributed by atoms with Crippen LogP contribution in [0.2, 0.25) is 0 Å². The molecule has 0 amide bonds. The van der Waals surface area contributed by atoms with Crippen LogP contribution in [0.15, 0.2) is 36.4 Å². The van der Waals surface area contributed by atoms with Crippen molar-refractivity contribution < 1.29 is 0 Å². The molecular formula is C39H60N2S4. The minimum absolute atomic E-state index is 0.0729. The van der Waals surface area contributed by atoms with E-state index in [1.807, 2.05) is 23.5 Å². The first-order valence-electron chi connectivity index (χ1n) is 17.6. The van der Waals surface area contributed by atoms with Gasteiger partial charge in [-0.25, -0.2) is 0 Å². The van der Waals surface area contributed by atoms with E-state index in [0.717, 1.165) is 52.7 Å².